The minimum Gasteiger partial charge on any atom is -0.313 e. The van der Waals surface area contributed by atoms with E-state index in [1.165, 1.54) is 21.3 Å². The number of rotatable bonds is 4. The topological polar surface area (TPSA) is 29.9 Å². The zero-order chi connectivity index (χ0) is 14.1. The first kappa shape index (κ1) is 13.3. The van der Waals surface area contributed by atoms with Crippen LogP contribution < -0.4 is 5.32 Å². The predicted molar refractivity (Wildman–Crippen MR) is 85.3 cm³/mol. The first-order valence-corrected chi connectivity index (χ1v) is 7.70. The molecule has 0 aliphatic carbocycles. The van der Waals surface area contributed by atoms with Gasteiger partial charge in [0.1, 0.15) is 0 Å². The highest BCUT2D eigenvalue weighted by molar-refractivity contribution is 7.17. The van der Waals surface area contributed by atoms with E-state index in [1.807, 2.05) is 37.0 Å². The van der Waals surface area contributed by atoms with Crippen molar-refractivity contribution in [1.82, 2.24) is 15.1 Å². The highest BCUT2D eigenvalue weighted by Gasteiger charge is 2.16. The summed E-state index contributed by atoms with van der Waals surface area (Å²) in [5.74, 6) is 0. The molecule has 1 N–H and O–H groups in total. The first-order valence-electron chi connectivity index (χ1n) is 6.82. The van der Waals surface area contributed by atoms with Gasteiger partial charge in [-0.3, -0.25) is 4.68 Å². The Hall–Kier alpha value is -1.65. The molecule has 0 saturated carbocycles. The highest BCUT2D eigenvalue weighted by Crippen LogP contribution is 2.31. The second-order valence-electron chi connectivity index (χ2n) is 5.13. The maximum absolute atomic E-state index is 4.43. The summed E-state index contributed by atoms with van der Waals surface area (Å²) in [6.07, 6.45) is 0.953. The molecule has 0 aliphatic heterocycles. The molecule has 3 aromatic rings. The van der Waals surface area contributed by atoms with Crippen LogP contribution in [0.25, 0.3) is 10.1 Å². The standard InChI is InChI=1S/C16H19N3S/c1-11-8-12(19(3)18-11)9-15(17-2)14-10-20-16-7-5-4-6-13(14)16/h4-8,10,15,17H,9H2,1-3H3. The van der Waals surface area contributed by atoms with Crippen LogP contribution in [0.2, 0.25) is 0 Å². The summed E-state index contributed by atoms with van der Waals surface area (Å²) in [6, 6.07) is 11.1. The number of thiophene rings is 1. The maximum atomic E-state index is 4.43. The highest BCUT2D eigenvalue weighted by atomic mass is 32.1. The number of fused-ring (bicyclic) bond motifs is 1. The molecule has 0 radical (unpaired) electrons. The summed E-state index contributed by atoms with van der Waals surface area (Å²) in [5, 5.41) is 11.5. The van der Waals surface area contributed by atoms with Crippen molar-refractivity contribution in [2.75, 3.05) is 7.05 Å². The second-order valence-corrected chi connectivity index (χ2v) is 6.04. The number of likely N-dealkylation sites (N-methyl/N-ethyl adjacent to an activating group) is 1. The van der Waals surface area contributed by atoms with Gasteiger partial charge in [-0.15, -0.1) is 11.3 Å². The lowest BCUT2D eigenvalue weighted by Crippen LogP contribution is -2.19. The van der Waals surface area contributed by atoms with Crippen molar-refractivity contribution >= 4 is 21.4 Å². The Kier molecular flexibility index (Phi) is 3.59. The van der Waals surface area contributed by atoms with E-state index >= 15 is 0 Å². The third kappa shape index (κ3) is 2.37. The summed E-state index contributed by atoms with van der Waals surface area (Å²) in [7, 11) is 4.04. The fourth-order valence-electron chi connectivity index (χ4n) is 2.70. The molecule has 0 bridgehead atoms. The molecule has 1 unspecified atom stereocenters. The normalized spacial score (nSPS) is 12.9. The van der Waals surface area contributed by atoms with Gasteiger partial charge in [-0.1, -0.05) is 18.2 Å². The molecule has 104 valence electrons. The van der Waals surface area contributed by atoms with Gasteiger partial charge in [0.05, 0.1) is 5.69 Å². The fourth-order valence-corrected chi connectivity index (χ4v) is 3.72. The Bertz CT molecular complexity index is 726. The number of aromatic nitrogens is 2. The van der Waals surface area contributed by atoms with E-state index in [2.05, 4.69) is 46.1 Å². The van der Waals surface area contributed by atoms with E-state index in [9.17, 15) is 0 Å². The van der Waals surface area contributed by atoms with Crippen LogP contribution in [-0.4, -0.2) is 16.8 Å². The molecule has 0 amide bonds. The van der Waals surface area contributed by atoms with Gasteiger partial charge in [0.15, 0.2) is 0 Å². The van der Waals surface area contributed by atoms with Crippen LogP contribution >= 0.6 is 11.3 Å². The molecule has 0 fully saturated rings. The number of nitrogens with one attached hydrogen (secondary N) is 1. The van der Waals surface area contributed by atoms with Crippen molar-refractivity contribution in [2.45, 2.75) is 19.4 Å². The largest absolute Gasteiger partial charge is 0.313 e. The number of nitrogens with zero attached hydrogens (tertiary/aromatic N) is 2. The summed E-state index contributed by atoms with van der Waals surface area (Å²) in [4.78, 5) is 0. The van der Waals surface area contributed by atoms with E-state index < -0.39 is 0 Å². The molecule has 1 aromatic carbocycles. The average molecular weight is 285 g/mol. The summed E-state index contributed by atoms with van der Waals surface area (Å²) in [5.41, 5.74) is 3.72. The summed E-state index contributed by atoms with van der Waals surface area (Å²) >= 11 is 1.82. The van der Waals surface area contributed by atoms with Crippen molar-refractivity contribution in [1.29, 1.82) is 0 Å². The summed E-state index contributed by atoms with van der Waals surface area (Å²) in [6.45, 7) is 2.04. The van der Waals surface area contributed by atoms with Crippen LogP contribution in [0.15, 0.2) is 35.7 Å². The van der Waals surface area contributed by atoms with Crippen LogP contribution in [0.3, 0.4) is 0 Å². The molecule has 0 aliphatic rings. The molecule has 3 rings (SSSR count). The van der Waals surface area contributed by atoms with Gasteiger partial charge in [0.2, 0.25) is 0 Å². The van der Waals surface area contributed by atoms with E-state index in [4.69, 9.17) is 0 Å². The summed E-state index contributed by atoms with van der Waals surface area (Å²) < 4.78 is 3.33. The fraction of sp³-hybridized carbons (Fsp3) is 0.312. The molecule has 2 heterocycles. The van der Waals surface area contributed by atoms with Gasteiger partial charge in [-0.25, -0.2) is 0 Å². The Morgan fingerprint density at radius 3 is 2.85 bits per heavy atom. The van der Waals surface area contributed by atoms with E-state index in [0.29, 0.717) is 6.04 Å². The first-order chi connectivity index (χ1) is 9.69. The molecule has 4 heteroatoms. The van der Waals surface area contributed by atoms with E-state index in [-0.39, 0.29) is 0 Å². The zero-order valence-electron chi connectivity index (χ0n) is 12.1. The molecule has 20 heavy (non-hydrogen) atoms. The molecule has 2 aromatic heterocycles. The third-order valence-corrected chi connectivity index (χ3v) is 4.73. The van der Waals surface area contributed by atoms with Gasteiger partial charge in [-0.2, -0.15) is 5.10 Å². The molecule has 1 atom stereocenters. The van der Waals surface area contributed by atoms with Crippen molar-refractivity contribution in [3.63, 3.8) is 0 Å². The van der Waals surface area contributed by atoms with Gasteiger partial charge in [-0.05, 0) is 42.4 Å². The Balaban J connectivity index is 1.95. The van der Waals surface area contributed by atoms with Gasteiger partial charge >= 0.3 is 0 Å². The Labute approximate surface area is 123 Å². The second kappa shape index (κ2) is 5.38. The van der Waals surface area contributed by atoms with Crippen LogP contribution in [0.5, 0.6) is 0 Å². The van der Waals surface area contributed by atoms with E-state index in [1.54, 1.807) is 0 Å². The van der Waals surface area contributed by atoms with Crippen LogP contribution in [0.4, 0.5) is 0 Å². The average Bonchev–Trinajstić information content (AvgIpc) is 3.00. The molecular formula is C16H19N3S. The van der Waals surface area contributed by atoms with Crippen molar-refractivity contribution in [2.24, 2.45) is 7.05 Å². The number of hydrogen-bond acceptors (Lipinski definition) is 3. The van der Waals surface area contributed by atoms with Crippen molar-refractivity contribution < 1.29 is 0 Å². The van der Waals surface area contributed by atoms with Crippen LogP contribution in [0.1, 0.15) is 23.0 Å². The lowest BCUT2D eigenvalue weighted by Gasteiger charge is -2.16. The molecule has 0 saturated heterocycles. The van der Waals surface area contributed by atoms with Gasteiger partial charge in [0, 0.05) is 29.9 Å². The SMILES string of the molecule is CNC(Cc1cc(C)nn1C)c1csc2ccccc12. The minimum atomic E-state index is 0.320. The van der Waals surface area contributed by atoms with E-state index in [0.717, 1.165) is 12.1 Å². The lowest BCUT2D eigenvalue weighted by molar-refractivity contribution is 0.565. The van der Waals surface area contributed by atoms with Crippen molar-refractivity contribution in [3.8, 4) is 0 Å². The maximum Gasteiger partial charge on any atom is 0.0596 e. The molecule has 0 spiro atoms. The molecular weight excluding hydrogens is 266 g/mol. The van der Waals surface area contributed by atoms with Crippen LogP contribution in [-0.2, 0) is 13.5 Å². The van der Waals surface area contributed by atoms with Gasteiger partial charge in [0.25, 0.3) is 0 Å². The number of hydrogen-bond donors (Lipinski definition) is 1. The predicted octanol–water partition coefficient (Wildman–Crippen LogP) is 3.45. The van der Waals surface area contributed by atoms with Crippen LogP contribution in [0, 0.1) is 6.92 Å². The Morgan fingerprint density at radius 2 is 2.15 bits per heavy atom. The smallest absolute Gasteiger partial charge is 0.0596 e. The van der Waals surface area contributed by atoms with Crippen molar-refractivity contribution in [3.05, 3.63) is 52.7 Å². The van der Waals surface area contributed by atoms with Gasteiger partial charge < -0.3 is 5.32 Å². The number of aryl methyl sites for hydroxylation is 2. The quantitative estimate of drug-likeness (QED) is 0.795. The number of benzene rings is 1. The minimum absolute atomic E-state index is 0.320. The molecule has 3 nitrogen and oxygen atoms in total. The monoisotopic (exact) mass is 285 g/mol. The lowest BCUT2D eigenvalue weighted by atomic mass is 10.0. The zero-order valence-corrected chi connectivity index (χ0v) is 12.9. The third-order valence-electron chi connectivity index (χ3n) is 3.75. The Morgan fingerprint density at radius 1 is 1.35 bits per heavy atom.